The molecular formula is C18H23N3O3. The Morgan fingerprint density at radius 3 is 2.54 bits per heavy atom. The molecule has 0 saturated carbocycles. The molecule has 128 valence electrons. The van der Waals surface area contributed by atoms with Gasteiger partial charge in [0.1, 0.15) is 11.9 Å². The molecular weight excluding hydrogens is 306 g/mol. The quantitative estimate of drug-likeness (QED) is 0.924. The molecule has 1 unspecified atom stereocenters. The van der Waals surface area contributed by atoms with Gasteiger partial charge in [-0.3, -0.25) is 9.69 Å². The van der Waals surface area contributed by atoms with E-state index in [1.807, 2.05) is 37.3 Å². The van der Waals surface area contributed by atoms with E-state index in [1.54, 1.807) is 4.90 Å². The summed E-state index contributed by atoms with van der Waals surface area (Å²) >= 11 is 0. The summed E-state index contributed by atoms with van der Waals surface area (Å²) in [5.74, 6) is 1.28. The topological polar surface area (TPSA) is 69.8 Å². The summed E-state index contributed by atoms with van der Waals surface area (Å²) in [5.41, 5.74) is 1.91. The zero-order valence-corrected chi connectivity index (χ0v) is 14.1. The summed E-state index contributed by atoms with van der Waals surface area (Å²) in [6.07, 6.45) is -0.928. The molecule has 0 aliphatic carbocycles. The van der Waals surface area contributed by atoms with E-state index in [9.17, 15) is 9.90 Å². The number of carbonyl (C=O) groups excluding carboxylic acids is 1. The van der Waals surface area contributed by atoms with E-state index >= 15 is 0 Å². The smallest absolute Gasteiger partial charge is 0.251 e. The summed E-state index contributed by atoms with van der Waals surface area (Å²) in [4.78, 5) is 20.4. The third kappa shape index (κ3) is 3.66. The first-order chi connectivity index (χ1) is 11.5. The van der Waals surface area contributed by atoms with Crippen LogP contribution in [-0.2, 0) is 11.3 Å². The molecule has 24 heavy (non-hydrogen) atoms. The molecule has 1 saturated heterocycles. The van der Waals surface area contributed by atoms with Crippen LogP contribution in [0.3, 0.4) is 0 Å². The van der Waals surface area contributed by atoms with Gasteiger partial charge in [-0.25, -0.2) is 4.98 Å². The molecule has 1 N–H and O–H groups in total. The Kier molecular flexibility index (Phi) is 4.97. The molecule has 1 aromatic carbocycles. The number of aromatic nitrogens is 1. The number of oxazole rings is 1. The van der Waals surface area contributed by atoms with Crippen LogP contribution in [-0.4, -0.2) is 58.1 Å². The number of hydrogen-bond acceptors (Lipinski definition) is 5. The van der Waals surface area contributed by atoms with Crippen molar-refractivity contribution in [2.24, 2.45) is 0 Å². The molecule has 2 heterocycles. The second-order valence-electron chi connectivity index (χ2n) is 6.17. The molecule has 6 nitrogen and oxygen atoms in total. The van der Waals surface area contributed by atoms with Crippen molar-refractivity contribution in [3.63, 3.8) is 0 Å². The first kappa shape index (κ1) is 16.7. The molecule has 2 aromatic rings. The van der Waals surface area contributed by atoms with Crippen LogP contribution in [0.4, 0.5) is 0 Å². The zero-order valence-electron chi connectivity index (χ0n) is 14.1. The number of nitrogens with zero attached hydrogens (tertiary/aromatic N) is 3. The zero-order chi connectivity index (χ0) is 17.1. The number of aliphatic hydroxyl groups excluding tert-OH is 1. The summed E-state index contributed by atoms with van der Waals surface area (Å²) in [6, 6.07) is 9.86. The van der Waals surface area contributed by atoms with Crippen molar-refractivity contribution < 1.29 is 14.3 Å². The van der Waals surface area contributed by atoms with Crippen molar-refractivity contribution in [2.75, 3.05) is 26.2 Å². The van der Waals surface area contributed by atoms with E-state index in [0.29, 0.717) is 25.5 Å². The maximum Gasteiger partial charge on any atom is 0.251 e. The Hall–Kier alpha value is -2.18. The molecule has 1 fully saturated rings. The lowest BCUT2D eigenvalue weighted by atomic mass is 10.2. The Bertz CT molecular complexity index is 689. The van der Waals surface area contributed by atoms with Crippen molar-refractivity contribution in [3.8, 4) is 11.5 Å². The van der Waals surface area contributed by atoms with Crippen LogP contribution in [0.2, 0.25) is 0 Å². The van der Waals surface area contributed by atoms with Gasteiger partial charge in [0.15, 0.2) is 0 Å². The average molecular weight is 329 g/mol. The van der Waals surface area contributed by atoms with Crippen LogP contribution in [0.5, 0.6) is 0 Å². The molecule has 6 heteroatoms. The first-order valence-corrected chi connectivity index (χ1v) is 8.25. The third-order valence-corrected chi connectivity index (χ3v) is 4.33. The predicted molar refractivity (Wildman–Crippen MR) is 90.2 cm³/mol. The standard InChI is InChI=1S/C18H23N3O3/c1-13(22)18(23)21-10-8-20(9-11-21)12-16-14(2)24-17(19-16)15-6-4-3-5-7-15/h3-7,13,22H,8-12H2,1-2H3. The maximum absolute atomic E-state index is 11.8. The number of carbonyl (C=O) groups is 1. The SMILES string of the molecule is Cc1oc(-c2ccccc2)nc1CN1CCN(C(=O)C(C)O)CC1. The Labute approximate surface area is 141 Å². The molecule has 0 spiro atoms. The van der Waals surface area contributed by atoms with Crippen LogP contribution in [0.15, 0.2) is 34.7 Å². The van der Waals surface area contributed by atoms with Crippen LogP contribution in [0, 0.1) is 6.92 Å². The number of aliphatic hydroxyl groups is 1. The van der Waals surface area contributed by atoms with E-state index < -0.39 is 6.10 Å². The minimum atomic E-state index is -0.928. The number of piperazine rings is 1. The van der Waals surface area contributed by atoms with Gasteiger partial charge in [-0.1, -0.05) is 18.2 Å². The fraction of sp³-hybridized carbons (Fsp3) is 0.444. The van der Waals surface area contributed by atoms with Crippen LogP contribution < -0.4 is 0 Å². The second-order valence-corrected chi connectivity index (χ2v) is 6.17. The molecule has 1 amide bonds. The van der Waals surface area contributed by atoms with Crippen molar-refractivity contribution in [1.29, 1.82) is 0 Å². The van der Waals surface area contributed by atoms with Gasteiger partial charge < -0.3 is 14.4 Å². The maximum atomic E-state index is 11.8. The van der Waals surface area contributed by atoms with E-state index in [2.05, 4.69) is 9.88 Å². The highest BCUT2D eigenvalue weighted by atomic mass is 16.4. The Balaban J connectivity index is 1.62. The minimum Gasteiger partial charge on any atom is -0.441 e. The summed E-state index contributed by atoms with van der Waals surface area (Å²) in [6.45, 7) is 6.95. The van der Waals surface area contributed by atoms with Gasteiger partial charge in [0.2, 0.25) is 5.89 Å². The molecule has 1 aromatic heterocycles. The summed E-state index contributed by atoms with van der Waals surface area (Å²) in [7, 11) is 0. The Morgan fingerprint density at radius 2 is 1.92 bits per heavy atom. The minimum absolute atomic E-state index is 0.196. The molecule has 3 rings (SSSR count). The number of benzene rings is 1. The van der Waals surface area contributed by atoms with E-state index in [1.165, 1.54) is 6.92 Å². The number of rotatable bonds is 4. The fourth-order valence-electron chi connectivity index (χ4n) is 2.88. The predicted octanol–water partition coefficient (Wildman–Crippen LogP) is 1.68. The van der Waals surface area contributed by atoms with Gasteiger partial charge in [0, 0.05) is 38.3 Å². The lowest BCUT2D eigenvalue weighted by molar-refractivity contribution is -0.141. The van der Waals surface area contributed by atoms with Gasteiger partial charge in [0.05, 0.1) is 5.69 Å². The highest BCUT2D eigenvalue weighted by Crippen LogP contribution is 2.22. The van der Waals surface area contributed by atoms with Gasteiger partial charge in [-0.2, -0.15) is 0 Å². The summed E-state index contributed by atoms with van der Waals surface area (Å²) in [5, 5.41) is 9.39. The lowest BCUT2D eigenvalue weighted by Crippen LogP contribution is -2.50. The van der Waals surface area contributed by atoms with Crippen molar-refractivity contribution in [2.45, 2.75) is 26.5 Å². The van der Waals surface area contributed by atoms with Crippen molar-refractivity contribution >= 4 is 5.91 Å². The Morgan fingerprint density at radius 1 is 1.25 bits per heavy atom. The van der Waals surface area contributed by atoms with Crippen LogP contribution in [0.1, 0.15) is 18.4 Å². The number of aryl methyl sites for hydroxylation is 1. The van der Waals surface area contributed by atoms with Crippen LogP contribution >= 0.6 is 0 Å². The molecule has 0 radical (unpaired) electrons. The highest BCUT2D eigenvalue weighted by molar-refractivity contribution is 5.80. The molecule has 0 bridgehead atoms. The number of hydrogen-bond donors (Lipinski definition) is 1. The molecule has 1 aliphatic heterocycles. The van der Waals surface area contributed by atoms with Crippen LogP contribution in [0.25, 0.3) is 11.5 Å². The number of amides is 1. The highest BCUT2D eigenvalue weighted by Gasteiger charge is 2.24. The van der Waals surface area contributed by atoms with Crippen molar-refractivity contribution in [3.05, 3.63) is 41.8 Å². The van der Waals surface area contributed by atoms with Gasteiger partial charge in [0.25, 0.3) is 5.91 Å². The van der Waals surface area contributed by atoms with Crippen molar-refractivity contribution in [1.82, 2.24) is 14.8 Å². The first-order valence-electron chi connectivity index (χ1n) is 8.25. The van der Waals surface area contributed by atoms with E-state index in [-0.39, 0.29) is 5.91 Å². The third-order valence-electron chi connectivity index (χ3n) is 4.33. The largest absolute Gasteiger partial charge is 0.441 e. The molecule has 1 atom stereocenters. The van der Waals surface area contributed by atoms with E-state index in [4.69, 9.17) is 4.42 Å². The van der Waals surface area contributed by atoms with Gasteiger partial charge in [-0.15, -0.1) is 0 Å². The lowest BCUT2D eigenvalue weighted by Gasteiger charge is -2.34. The van der Waals surface area contributed by atoms with E-state index in [0.717, 1.165) is 30.1 Å². The second kappa shape index (κ2) is 7.15. The van der Waals surface area contributed by atoms with Gasteiger partial charge >= 0.3 is 0 Å². The monoisotopic (exact) mass is 329 g/mol. The summed E-state index contributed by atoms with van der Waals surface area (Å²) < 4.78 is 5.80. The average Bonchev–Trinajstić information content (AvgIpc) is 2.96. The molecule has 1 aliphatic rings. The fourth-order valence-corrected chi connectivity index (χ4v) is 2.88. The normalized spacial score (nSPS) is 17.0. The van der Waals surface area contributed by atoms with Gasteiger partial charge in [-0.05, 0) is 26.0 Å².